The number of phenolic OH excluding ortho intramolecular Hbond substituents is 1. The van der Waals surface area contributed by atoms with Gasteiger partial charge in [-0.3, -0.25) is 24.1 Å². The van der Waals surface area contributed by atoms with E-state index in [1.165, 1.54) is 25.2 Å². The zero-order valence-corrected chi connectivity index (χ0v) is 19.6. The minimum atomic E-state index is -2.41. The molecule has 0 saturated heterocycles. The van der Waals surface area contributed by atoms with E-state index in [0.717, 1.165) is 0 Å². The number of aldehydes is 1. The lowest BCUT2D eigenvalue weighted by molar-refractivity contribution is -0.137. The van der Waals surface area contributed by atoms with E-state index in [2.05, 4.69) is 0 Å². The van der Waals surface area contributed by atoms with Crippen molar-refractivity contribution in [2.24, 2.45) is 17.6 Å². The molecular formula is C24H26N2O9. The van der Waals surface area contributed by atoms with Crippen LogP contribution in [0.25, 0.3) is 0 Å². The van der Waals surface area contributed by atoms with Crippen LogP contribution in [0.1, 0.15) is 32.7 Å². The number of aliphatic hydroxyl groups excluding tert-OH is 1. The topological polar surface area (TPSA) is 177 Å². The van der Waals surface area contributed by atoms with Crippen LogP contribution in [0.15, 0.2) is 28.7 Å². The summed E-state index contributed by atoms with van der Waals surface area (Å²) in [7, 11) is 5.72. The van der Waals surface area contributed by atoms with Crippen LogP contribution in [0.3, 0.4) is 0 Å². The molecule has 0 bridgehead atoms. The molecule has 0 radical (unpaired) electrons. The summed E-state index contributed by atoms with van der Waals surface area (Å²) in [6.45, 7) is 0. The van der Waals surface area contributed by atoms with E-state index in [0.29, 0.717) is 11.8 Å². The molecule has 11 heteroatoms. The van der Waals surface area contributed by atoms with Gasteiger partial charge in [0.25, 0.3) is 5.91 Å². The fourth-order valence-corrected chi connectivity index (χ4v) is 5.81. The van der Waals surface area contributed by atoms with Gasteiger partial charge >= 0.3 is 0 Å². The number of allylic oxidation sites excluding steroid dienone is 1. The number of amides is 1. The number of ketones is 2. The van der Waals surface area contributed by atoms with E-state index in [1.54, 1.807) is 14.1 Å². The number of Topliss-reactive ketones (excluding diaryl/α,β-unsaturated/α-hetero) is 2. The second kappa shape index (κ2) is 8.21. The molecule has 186 valence electrons. The number of phenols is 1. The van der Waals surface area contributed by atoms with E-state index < -0.39 is 58.0 Å². The first-order chi connectivity index (χ1) is 16.4. The minimum absolute atomic E-state index is 0.0404. The number of hydrogen-bond donors (Lipinski definition) is 4. The molecule has 3 aliphatic carbocycles. The first kappa shape index (κ1) is 24.4. The second-order valence-corrected chi connectivity index (χ2v) is 9.13. The number of likely N-dealkylation sites (N-methyl/N-ethyl adjacent to an activating group) is 1. The molecule has 0 saturated carbocycles. The molecule has 1 amide bonds. The van der Waals surface area contributed by atoms with Gasteiger partial charge in [0, 0.05) is 17.1 Å². The van der Waals surface area contributed by atoms with Gasteiger partial charge in [-0.05, 0) is 38.9 Å². The van der Waals surface area contributed by atoms with Gasteiger partial charge in [0.05, 0.1) is 31.4 Å². The van der Waals surface area contributed by atoms with Crippen molar-refractivity contribution in [3.05, 3.63) is 45.4 Å². The third kappa shape index (κ3) is 3.11. The summed E-state index contributed by atoms with van der Waals surface area (Å²) in [6.07, 6.45) is 0.594. The van der Waals surface area contributed by atoms with Crippen LogP contribution < -0.4 is 10.5 Å². The lowest BCUT2D eigenvalue weighted by Gasteiger charge is -2.51. The fraction of sp³-hybridized carbons (Fsp3) is 0.417. The molecule has 0 fully saturated rings. The number of carbonyl (C=O) groups is 4. The minimum Gasteiger partial charge on any atom is -0.508 e. The molecule has 0 unspecified atom stereocenters. The standard InChI is InChI=1S/C24H26N2O9/c1-26(2)17-12-6-9-5-11-13(34-3)7-10(8-27)18(28)15(11)19(29)14(9)22(35-4)24(12,33)21(31)16(20(17)30)23(25)32/h7-9,12,17,28,31,33H,5-6H2,1-4H3,(H2,25,32)/t9-,12-,17-,24+/m0/s1. The Labute approximate surface area is 200 Å². The number of methoxy groups -OCH3 is 2. The van der Waals surface area contributed by atoms with E-state index in [9.17, 15) is 34.5 Å². The summed E-state index contributed by atoms with van der Waals surface area (Å²) < 4.78 is 10.9. The number of fused-ring (bicyclic) bond motifs is 3. The predicted octanol–water partition coefficient (Wildman–Crippen LogP) is 0.0301. The number of hydrogen-bond acceptors (Lipinski definition) is 10. The molecule has 11 nitrogen and oxygen atoms in total. The molecular weight excluding hydrogens is 460 g/mol. The lowest BCUT2D eigenvalue weighted by atomic mass is 9.59. The Morgan fingerprint density at radius 2 is 1.89 bits per heavy atom. The van der Waals surface area contributed by atoms with Crippen molar-refractivity contribution in [1.82, 2.24) is 4.90 Å². The zero-order chi connectivity index (χ0) is 26.0. The molecule has 0 aromatic heterocycles. The number of benzene rings is 1. The van der Waals surface area contributed by atoms with Gasteiger partial charge in [-0.15, -0.1) is 0 Å². The average Bonchev–Trinajstić information content (AvgIpc) is 2.79. The number of aromatic hydroxyl groups is 1. The van der Waals surface area contributed by atoms with Gasteiger partial charge in [0.2, 0.25) is 0 Å². The Morgan fingerprint density at radius 3 is 2.40 bits per heavy atom. The van der Waals surface area contributed by atoms with Crippen LogP contribution in [0, 0.1) is 11.8 Å². The number of rotatable bonds is 5. The molecule has 5 N–H and O–H groups in total. The Balaban J connectivity index is 2.06. The highest BCUT2D eigenvalue weighted by molar-refractivity contribution is 6.22. The molecule has 4 atom stereocenters. The number of carbonyl (C=O) groups excluding carboxylic acids is 4. The van der Waals surface area contributed by atoms with Gasteiger partial charge < -0.3 is 30.5 Å². The van der Waals surface area contributed by atoms with Crippen LogP contribution in [0.2, 0.25) is 0 Å². The predicted molar refractivity (Wildman–Crippen MR) is 120 cm³/mol. The zero-order valence-electron chi connectivity index (χ0n) is 19.6. The number of nitrogens with two attached hydrogens (primary N) is 1. The fourth-order valence-electron chi connectivity index (χ4n) is 5.81. The maximum Gasteiger partial charge on any atom is 0.255 e. The molecule has 1 aromatic rings. The smallest absolute Gasteiger partial charge is 0.255 e. The SMILES string of the molecule is COC1=C2C(=O)c3c(O)c(C=O)cc(OC)c3C[C@H]2C[C@H]2[C@H](N(C)C)C(=O)C(C(N)=O)=C(O)[C@@]12O. The summed E-state index contributed by atoms with van der Waals surface area (Å²) in [5.41, 5.74) is 2.18. The normalized spacial score (nSPS) is 27.9. The van der Waals surface area contributed by atoms with Crippen molar-refractivity contribution in [3.8, 4) is 11.5 Å². The molecule has 4 rings (SSSR count). The third-order valence-electron chi connectivity index (χ3n) is 7.24. The van der Waals surface area contributed by atoms with Crippen LogP contribution in [-0.4, -0.2) is 83.9 Å². The number of nitrogens with zero attached hydrogens (tertiary/aromatic N) is 1. The molecule has 35 heavy (non-hydrogen) atoms. The van der Waals surface area contributed by atoms with Crippen molar-refractivity contribution in [2.75, 3.05) is 28.3 Å². The average molecular weight is 486 g/mol. The molecule has 1 aromatic carbocycles. The number of primary amides is 1. The first-order valence-corrected chi connectivity index (χ1v) is 10.8. The van der Waals surface area contributed by atoms with Crippen molar-refractivity contribution in [3.63, 3.8) is 0 Å². The second-order valence-electron chi connectivity index (χ2n) is 9.13. The van der Waals surface area contributed by atoms with E-state index >= 15 is 0 Å². The van der Waals surface area contributed by atoms with Crippen molar-refractivity contribution in [2.45, 2.75) is 24.5 Å². The maximum absolute atomic E-state index is 13.7. The van der Waals surface area contributed by atoms with Gasteiger partial charge in [-0.25, -0.2) is 0 Å². The van der Waals surface area contributed by atoms with Gasteiger partial charge in [0.15, 0.2) is 23.5 Å². The number of ether oxygens (including phenoxy) is 2. The van der Waals surface area contributed by atoms with E-state index in [1.807, 2.05) is 0 Å². The summed E-state index contributed by atoms with van der Waals surface area (Å²) >= 11 is 0. The van der Waals surface area contributed by atoms with E-state index in [4.69, 9.17) is 15.2 Å². The summed E-state index contributed by atoms with van der Waals surface area (Å²) in [4.78, 5) is 52.0. The largest absolute Gasteiger partial charge is 0.508 e. The number of aliphatic hydroxyl groups is 2. The summed E-state index contributed by atoms with van der Waals surface area (Å²) in [5.74, 6) is -5.94. The molecule has 0 spiro atoms. The van der Waals surface area contributed by atoms with Crippen LogP contribution in [-0.2, 0) is 20.7 Å². The van der Waals surface area contributed by atoms with Crippen molar-refractivity contribution < 1.29 is 44.0 Å². The van der Waals surface area contributed by atoms with Crippen LogP contribution in [0.5, 0.6) is 11.5 Å². The Hall–Kier alpha value is -3.70. The molecule has 3 aliphatic rings. The van der Waals surface area contributed by atoms with Gasteiger partial charge in [0.1, 0.15) is 28.6 Å². The Bertz CT molecular complexity index is 1250. The quantitative estimate of drug-likeness (QED) is 0.328. The van der Waals surface area contributed by atoms with Crippen molar-refractivity contribution in [1.29, 1.82) is 0 Å². The highest BCUT2D eigenvalue weighted by Crippen LogP contribution is 2.54. The Kier molecular flexibility index (Phi) is 5.73. The van der Waals surface area contributed by atoms with Crippen LogP contribution in [0.4, 0.5) is 0 Å². The van der Waals surface area contributed by atoms with Gasteiger partial charge in [-0.1, -0.05) is 0 Å². The maximum atomic E-state index is 13.7. The van der Waals surface area contributed by atoms with Crippen LogP contribution >= 0.6 is 0 Å². The molecule has 0 aliphatic heterocycles. The lowest BCUT2D eigenvalue weighted by Crippen LogP contribution is -2.63. The summed E-state index contributed by atoms with van der Waals surface area (Å²) in [6, 6.07) is 0.273. The Morgan fingerprint density at radius 1 is 1.23 bits per heavy atom. The van der Waals surface area contributed by atoms with Crippen molar-refractivity contribution >= 4 is 23.8 Å². The summed E-state index contributed by atoms with van der Waals surface area (Å²) in [5, 5.41) is 33.6. The van der Waals surface area contributed by atoms with E-state index in [-0.39, 0.29) is 41.1 Å². The molecule has 0 heterocycles. The van der Waals surface area contributed by atoms with Gasteiger partial charge in [-0.2, -0.15) is 0 Å². The highest BCUT2D eigenvalue weighted by Gasteiger charge is 2.63. The monoisotopic (exact) mass is 486 g/mol. The third-order valence-corrected chi connectivity index (χ3v) is 7.24. The first-order valence-electron chi connectivity index (χ1n) is 10.8. The highest BCUT2D eigenvalue weighted by atomic mass is 16.5.